The zero-order valence-corrected chi connectivity index (χ0v) is 12.3. The molecule has 126 valence electrons. The van der Waals surface area contributed by atoms with E-state index in [-0.39, 0.29) is 23.8 Å². The summed E-state index contributed by atoms with van der Waals surface area (Å²) in [6.45, 7) is -0.603. The van der Waals surface area contributed by atoms with Gasteiger partial charge in [-0.15, -0.1) is 11.6 Å². The van der Waals surface area contributed by atoms with E-state index in [0.29, 0.717) is 0 Å². The molecule has 2 N–H and O–H groups in total. The van der Waals surface area contributed by atoms with Gasteiger partial charge in [-0.1, -0.05) is 0 Å². The summed E-state index contributed by atoms with van der Waals surface area (Å²) >= 11 is 5.53. The lowest BCUT2D eigenvalue weighted by Crippen LogP contribution is -2.54. The lowest BCUT2D eigenvalue weighted by Gasteiger charge is -2.36. The summed E-state index contributed by atoms with van der Waals surface area (Å²) in [5.41, 5.74) is 0.174. The molecule has 1 aliphatic rings. The van der Waals surface area contributed by atoms with Gasteiger partial charge in [0.1, 0.15) is 24.0 Å². The first-order valence-electron chi connectivity index (χ1n) is 6.43. The first-order chi connectivity index (χ1) is 10.7. The van der Waals surface area contributed by atoms with Crippen LogP contribution in [0.4, 0.5) is 18.9 Å². The van der Waals surface area contributed by atoms with Gasteiger partial charge in [0.2, 0.25) is 5.91 Å². The van der Waals surface area contributed by atoms with Gasteiger partial charge < -0.3 is 15.2 Å². The van der Waals surface area contributed by atoms with Crippen LogP contribution in [0.5, 0.6) is 11.5 Å². The molecule has 0 radical (unpaired) electrons. The van der Waals surface area contributed by atoms with Gasteiger partial charge in [-0.05, 0) is 12.1 Å². The maximum atomic E-state index is 12.2. The molecule has 0 aromatic heterocycles. The van der Waals surface area contributed by atoms with E-state index in [1.54, 1.807) is 5.32 Å². The second-order valence-corrected chi connectivity index (χ2v) is 4.99. The van der Waals surface area contributed by atoms with E-state index in [2.05, 4.69) is 0 Å². The van der Waals surface area contributed by atoms with E-state index in [4.69, 9.17) is 16.3 Å². The number of halogens is 4. The number of amides is 2. The number of carbonyl (C=O) groups excluding carboxylic acids is 2. The van der Waals surface area contributed by atoms with Crippen molar-refractivity contribution < 1.29 is 32.6 Å². The molecule has 1 aromatic rings. The Hall–Kier alpha value is -2.16. The van der Waals surface area contributed by atoms with Crippen LogP contribution in [0.15, 0.2) is 18.2 Å². The van der Waals surface area contributed by atoms with Crippen molar-refractivity contribution in [2.24, 2.45) is 0 Å². The fourth-order valence-corrected chi connectivity index (χ4v) is 2.27. The van der Waals surface area contributed by atoms with Crippen molar-refractivity contribution >= 4 is 29.1 Å². The minimum absolute atomic E-state index is 0.126. The summed E-state index contributed by atoms with van der Waals surface area (Å²) in [7, 11) is 0. The van der Waals surface area contributed by atoms with Crippen LogP contribution >= 0.6 is 11.6 Å². The zero-order chi connectivity index (χ0) is 17.2. The molecule has 0 bridgehead atoms. The quantitative estimate of drug-likeness (QED) is 0.806. The third-order valence-corrected chi connectivity index (χ3v) is 3.37. The molecule has 1 heterocycles. The van der Waals surface area contributed by atoms with E-state index in [1.807, 2.05) is 0 Å². The third kappa shape index (κ3) is 3.79. The topological polar surface area (TPSA) is 78.9 Å². The number of ether oxygens (including phenoxy) is 1. The number of rotatable bonds is 3. The molecule has 1 atom stereocenters. The summed E-state index contributed by atoms with van der Waals surface area (Å²) in [6, 6.07) is 3.11. The number of anilines is 1. The largest absolute Gasteiger partial charge is 0.508 e. The molecule has 1 unspecified atom stereocenters. The molecule has 23 heavy (non-hydrogen) atoms. The minimum Gasteiger partial charge on any atom is -0.508 e. The Morgan fingerprint density at radius 3 is 2.74 bits per heavy atom. The van der Waals surface area contributed by atoms with Crippen molar-refractivity contribution in [1.82, 2.24) is 5.32 Å². The standard InChI is InChI=1S/C13H12ClF3N2O4/c14-4-11(21)19-7(5-18-12(22)13(15,16)17)6-23-10-2-1-8(20)3-9(10)19/h1-3,7,20H,4-6H2,(H,18,22). The summed E-state index contributed by atoms with van der Waals surface area (Å²) in [4.78, 5) is 24.0. The van der Waals surface area contributed by atoms with E-state index in [0.717, 1.165) is 4.90 Å². The highest BCUT2D eigenvalue weighted by molar-refractivity contribution is 6.29. The van der Waals surface area contributed by atoms with E-state index in [9.17, 15) is 27.9 Å². The summed E-state index contributed by atoms with van der Waals surface area (Å²) in [5, 5.41) is 11.2. The number of aromatic hydroxyl groups is 1. The predicted molar refractivity (Wildman–Crippen MR) is 74.7 cm³/mol. The number of alkyl halides is 4. The summed E-state index contributed by atoms with van der Waals surface area (Å²) < 4.78 is 42.1. The maximum absolute atomic E-state index is 12.2. The van der Waals surface area contributed by atoms with Crippen molar-refractivity contribution in [2.45, 2.75) is 12.2 Å². The average molecular weight is 353 g/mol. The molecule has 6 nitrogen and oxygen atoms in total. The molecule has 10 heteroatoms. The fourth-order valence-electron chi connectivity index (χ4n) is 2.14. The highest BCUT2D eigenvalue weighted by Crippen LogP contribution is 2.36. The Balaban J connectivity index is 2.23. The molecular weight excluding hydrogens is 341 g/mol. The number of fused-ring (bicyclic) bond motifs is 1. The van der Waals surface area contributed by atoms with Gasteiger partial charge in [0.25, 0.3) is 0 Å². The second-order valence-electron chi connectivity index (χ2n) is 4.72. The van der Waals surface area contributed by atoms with Gasteiger partial charge in [0, 0.05) is 12.6 Å². The van der Waals surface area contributed by atoms with Crippen molar-refractivity contribution in [2.75, 3.05) is 23.9 Å². The number of hydrogen-bond donors (Lipinski definition) is 2. The zero-order valence-electron chi connectivity index (χ0n) is 11.6. The van der Waals surface area contributed by atoms with Crippen molar-refractivity contribution in [3.8, 4) is 11.5 Å². The first-order valence-corrected chi connectivity index (χ1v) is 6.96. The van der Waals surface area contributed by atoms with Crippen LogP contribution in [0.2, 0.25) is 0 Å². The van der Waals surface area contributed by atoms with Crippen LogP contribution in [0.25, 0.3) is 0 Å². The Labute approximate surface area is 133 Å². The highest BCUT2D eigenvalue weighted by Gasteiger charge is 2.40. The molecule has 1 aromatic carbocycles. The van der Waals surface area contributed by atoms with Gasteiger partial charge in [-0.3, -0.25) is 14.5 Å². The summed E-state index contributed by atoms with van der Waals surface area (Å²) in [5.74, 6) is -3.00. The van der Waals surface area contributed by atoms with Gasteiger partial charge in [-0.2, -0.15) is 13.2 Å². The van der Waals surface area contributed by atoms with Crippen molar-refractivity contribution in [3.05, 3.63) is 18.2 Å². The van der Waals surface area contributed by atoms with Gasteiger partial charge in [0.05, 0.1) is 11.7 Å². The van der Waals surface area contributed by atoms with Gasteiger partial charge in [0.15, 0.2) is 0 Å². The predicted octanol–water partition coefficient (Wildman–Crippen LogP) is 1.40. The smallest absolute Gasteiger partial charge is 0.471 e. The number of carbonyl (C=O) groups is 2. The van der Waals surface area contributed by atoms with E-state index < -0.39 is 36.5 Å². The average Bonchev–Trinajstić information content (AvgIpc) is 2.50. The molecule has 0 aliphatic carbocycles. The first kappa shape index (κ1) is 17.2. The normalized spacial score (nSPS) is 17.2. The van der Waals surface area contributed by atoms with Crippen LogP contribution in [0.1, 0.15) is 0 Å². The van der Waals surface area contributed by atoms with Crippen molar-refractivity contribution in [1.29, 1.82) is 0 Å². The molecule has 2 amide bonds. The SMILES string of the molecule is O=C(CCl)N1c2cc(O)ccc2OCC1CNC(=O)C(F)(F)F. The second kappa shape index (κ2) is 6.53. The summed E-state index contributed by atoms with van der Waals surface area (Å²) in [6.07, 6.45) is -5.02. The molecular formula is C13H12ClF3N2O4. The number of nitrogens with zero attached hydrogens (tertiary/aromatic N) is 1. The number of phenolic OH excluding ortho intramolecular Hbond substituents is 1. The molecule has 0 saturated heterocycles. The minimum atomic E-state index is -5.02. The number of nitrogens with one attached hydrogen (secondary N) is 1. The molecule has 0 fully saturated rings. The highest BCUT2D eigenvalue weighted by atomic mass is 35.5. The molecule has 1 aliphatic heterocycles. The maximum Gasteiger partial charge on any atom is 0.471 e. The van der Waals surface area contributed by atoms with Gasteiger partial charge >= 0.3 is 12.1 Å². The number of hydrogen-bond acceptors (Lipinski definition) is 4. The molecule has 2 rings (SSSR count). The van der Waals surface area contributed by atoms with Crippen LogP contribution < -0.4 is 15.0 Å². The third-order valence-electron chi connectivity index (χ3n) is 3.14. The van der Waals surface area contributed by atoms with Crippen LogP contribution in [0, 0.1) is 0 Å². The lowest BCUT2D eigenvalue weighted by molar-refractivity contribution is -0.173. The molecule has 0 saturated carbocycles. The van der Waals surface area contributed by atoms with Crippen molar-refractivity contribution in [3.63, 3.8) is 0 Å². The monoisotopic (exact) mass is 352 g/mol. The van der Waals surface area contributed by atoms with E-state index in [1.165, 1.54) is 18.2 Å². The Bertz CT molecular complexity index is 624. The van der Waals surface area contributed by atoms with E-state index >= 15 is 0 Å². The lowest BCUT2D eigenvalue weighted by atomic mass is 10.1. The Kier molecular flexibility index (Phi) is 4.88. The fraction of sp³-hybridized carbons (Fsp3) is 0.385. The number of benzene rings is 1. The number of phenols is 1. The Morgan fingerprint density at radius 2 is 2.13 bits per heavy atom. The van der Waals surface area contributed by atoms with Crippen LogP contribution in [0.3, 0.4) is 0 Å². The Morgan fingerprint density at radius 1 is 1.43 bits per heavy atom. The van der Waals surface area contributed by atoms with Crippen LogP contribution in [-0.4, -0.2) is 48.2 Å². The van der Waals surface area contributed by atoms with Gasteiger partial charge in [-0.25, -0.2) is 0 Å². The van der Waals surface area contributed by atoms with Crippen LogP contribution in [-0.2, 0) is 9.59 Å². The molecule has 0 spiro atoms.